The average molecular weight is 222 g/mol. The minimum absolute atomic E-state index is 0.00685. The van der Waals surface area contributed by atoms with Crippen LogP contribution in [0.5, 0.6) is 5.75 Å². The first-order valence-electron chi connectivity index (χ1n) is 5.24. The third-order valence-electron chi connectivity index (χ3n) is 2.49. The topological polar surface area (TPSA) is 46.5 Å². The molecule has 1 N–H and O–H groups in total. The third kappa shape index (κ3) is 2.99. The number of rotatable bonds is 3. The largest absolute Gasteiger partial charge is 0.496 e. The number of benzene rings is 1. The van der Waals surface area contributed by atoms with Crippen molar-refractivity contribution in [2.45, 2.75) is 32.6 Å². The van der Waals surface area contributed by atoms with Crippen LogP contribution in [0.2, 0.25) is 0 Å². The van der Waals surface area contributed by atoms with Gasteiger partial charge < -0.3 is 9.84 Å². The molecule has 1 aromatic rings. The van der Waals surface area contributed by atoms with Crippen LogP contribution in [0.4, 0.5) is 0 Å². The molecular weight excluding hydrogens is 204 g/mol. The lowest BCUT2D eigenvalue weighted by molar-refractivity contribution is -0.136. The van der Waals surface area contributed by atoms with Crippen LogP contribution in [-0.4, -0.2) is 18.2 Å². The van der Waals surface area contributed by atoms with Crippen LogP contribution in [0, 0.1) is 0 Å². The summed E-state index contributed by atoms with van der Waals surface area (Å²) < 4.78 is 5.15. The SMILES string of the molecule is COc1ccc(C(C)(C)C)cc1CC(=O)O. The molecule has 0 saturated heterocycles. The number of methoxy groups -OCH3 is 1. The zero-order valence-corrected chi connectivity index (χ0v) is 10.2. The van der Waals surface area contributed by atoms with E-state index < -0.39 is 5.97 Å². The molecule has 1 rings (SSSR count). The molecule has 0 radical (unpaired) electrons. The molecule has 0 aromatic heterocycles. The predicted molar refractivity (Wildman–Crippen MR) is 63.0 cm³/mol. The molecule has 0 aliphatic rings. The Kier molecular flexibility index (Phi) is 3.58. The quantitative estimate of drug-likeness (QED) is 0.855. The second-order valence-corrected chi connectivity index (χ2v) is 4.85. The van der Waals surface area contributed by atoms with Crippen molar-refractivity contribution < 1.29 is 14.6 Å². The standard InChI is InChI=1S/C13H18O3/c1-13(2,3)10-5-6-11(16-4)9(7-10)8-12(14)15/h5-7H,8H2,1-4H3,(H,14,15). The molecule has 0 unspecified atom stereocenters. The summed E-state index contributed by atoms with van der Waals surface area (Å²) in [7, 11) is 1.55. The van der Waals surface area contributed by atoms with Crippen molar-refractivity contribution in [2.24, 2.45) is 0 Å². The summed E-state index contributed by atoms with van der Waals surface area (Å²) in [5.41, 5.74) is 1.85. The smallest absolute Gasteiger partial charge is 0.307 e. The number of carbonyl (C=O) groups is 1. The number of carboxylic acids is 1. The monoisotopic (exact) mass is 222 g/mol. The first-order valence-corrected chi connectivity index (χ1v) is 5.24. The molecule has 0 heterocycles. The van der Waals surface area contributed by atoms with Crippen LogP contribution in [-0.2, 0) is 16.6 Å². The molecule has 0 atom stereocenters. The van der Waals surface area contributed by atoms with Gasteiger partial charge in [0.1, 0.15) is 5.75 Å². The number of hydrogen-bond acceptors (Lipinski definition) is 2. The normalized spacial score (nSPS) is 11.2. The molecule has 0 saturated carbocycles. The Morgan fingerprint density at radius 2 is 2.00 bits per heavy atom. The molecule has 88 valence electrons. The van der Waals surface area contributed by atoms with Gasteiger partial charge >= 0.3 is 5.97 Å². The van der Waals surface area contributed by atoms with E-state index in [0.717, 1.165) is 11.1 Å². The zero-order valence-electron chi connectivity index (χ0n) is 10.2. The maximum Gasteiger partial charge on any atom is 0.307 e. The number of carboxylic acid groups (broad SMARTS) is 1. The lowest BCUT2D eigenvalue weighted by atomic mass is 9.85. The van der Waals surface area contributed by atoms with Gasteiger partial charge in [0, 0.05) is 5.56 Å². The molecule has 0 bridgehead atoms. The average Bonchev–Trinajstić information content (AvgIpc) is 2.15. The van der Waals surface area contributed by atoms with Crippen molar-refractivity contribution in [1.29, 1.82) is 0 Å². The fourth-order valence-electron chi connectivity index (χ4n) is 1.55. The second-order valence-electron chi connectivity index (χ2n) is 4.85. The highest BCUT2D eigenvalue weighted by atomic mass is 16.5. The van der Waals surface area contributed by atoms with Gasteiger partial charge in [0.05, 0.1) is 13.5 Å². The van der Waals surface area contributed by atoms with Gasteiger partial charge in [-0.2, -0.15) is 0 Å². The van der Waals surface area contributed by atoms with Crippen LogP contribution >= 0.6 is 0 Å². The first kappa shape index (κ1) is 12.6. The van der Waals surface area contributed by atoms with E-state index in [1.165, 1.54) is 0 Å². The molecule has 16 heavy (non-hydrogen) atoms. The molecule has 1 aromatic carbocycles. The van der Waals surface area contributed by atoms with E-state index in [0.29, 0.717) is 5.75 Å². The highest BCUT2D eigenvalue weighted by Crippen LogP contribution is 2.28. The maximum atomic E-state index is 10.7. The summed E-state index contributed by atoms with van der Waals surface area (Å²) in [5.74, 6) is -0.209. The van der Waals surface area contributed by atoms with Crippen LogP contribution in [0.15, 0.2) is 18.2 Å². The Bertz CT molecular complexity index is 389. The molecule has 0 spiro atoms. The van der Waals surface area contributed by atoms with Crippen LogP contribution < -0.4 is 4.74 Å². The van der Waals surface area contributed by atoms with E-state index in [1.54, 1.807) is 7.11 Å². The molecule has 3 nitrogen and oxygen atoms in total. The molecule has 3 heteroatoms. The van der Waals surface area contributed by atoms with E-state index in [1.807, 2.05) is 18.2 Å². The lowest BCUT2D eigenvalue weighted by Crippen LogP contribution is -2.12. The van der Waals surface area contributed by atoms with Gasteiger partial charge in [0.25, 0.3) is 0 Å². The minimum Gasteiger partial charge on any atom is -0.496 e. The Balaban J connectivity index is 3.16. The first-order chi connectivity index (χ1) is 7.34. The van der Waals surface area contributed by atoms with E-state index >= 15 is 0 Å². The lowest BCUT2D eigenvalue weighted by Gasteiger charge is -2.20. The van der Waals surface area contributed by atoms with E-state index in [9.17, 15) is 4.79 Å². The predicted octanol–water partition coefficient (Wildman–Crippen LogP) is 2.62. The van der Waals surface area contributed by atoms with Crippen LogP contribution in [0.1, 0.15) is 31.9 Å². The molecule has 0 aliphatic carbocycles. The fraction of sp³-hybridized carbons (Fsp3) is 0.462. The van der Waals surface area contributed by atoms with E-state index in [2.05, 4.69) is 20.8 Å². The van der Waals surface area contributed by atoms with Gasteiger partial charge in [-0.25, -0.2) is 0 Å². The second kappa shape index (κ2) is 4.56. The fourth-order valence-corrected chi connectivity index (χ4v) is 1.55. The van der Waals surface area contributed by atoms with Crippen LogP contribution in [0.3, 0.4) is 0 Å². The maximum absolute atomic E-state index is 10.7. The molecule has 0 aliphatic heterocycles. The summed E-state index contributed by atoms with van der Waals surface area (Å²) in [6.07, 6.45) is -0.00685. The molecule has 0 fully saturated rings. The van der Waals surface area contributed by atoms with Crippen LogP contribution in [0.25, 0.3) is 0 Å². The Morgan fingerprint density at radius 1 is 1.38 bits per heavy atom. The zero-order chi connectivity index (χ0) is 12.3. The van der Waals surface area contributed by atoms with E-state index in [4.69, 9.17) is 9.84 Å². The van der Waals surface area contributed by atoms with Gasteiger partial charge in [-0.05, 0) is 17.0 Å². The minimum atomic E-state index is -0.843. The Hall–Kier alpha value is -1.51. The van der Waals surface area contributed by atoms with Crippen molar-refractivity contribution >= 4 is 5.97 Å². The Labute approximate surface area is 96.1 Å². The van der Waals surface area contributed by atoms with Gasteiger partial charge in [-0.3, -0.25) is 4.79 Å². The van der Waals surface area contributed by atoms with Crippen molar-refractivity contribution in [3.8, 4) is 5.75 Å². The summed E-state index contributed by atoms with van der Waals surface area (Å²) >= 11 is 0. The summed E-state index contributed by atoms with van der Waals surface area (Å²) in [6.45, 7) is 6.29. The molecular formula is C13H18O3. The summed E-state index contributed by atoms with van der Waals surface area (Å²) in [5, 5.41) is 8.83. The van der Waals surface area contributed by atoms with Gasteiger partial charge in [-0.15, -0.1) is 0 Å². The third-order valence-corrected chi connectivity index (χ3v) is 2.49. The van der Waals surface area contributed by atoms with Crippen molar-refractivity contribution in [2.75, 3.05) is 7.11 Å². The van der Waals surface area contributed by atoms with Crippen molar-refractivity contribution in [3.05, 3.63) is 29.3 Å². The number of aliphatic carboxylic acids is 1. The van der Waals surface area contributed by atoms with Gasteiger partial charge in [0.2, 0.25) is 0 Å². The van der Waals surface area contributed by atoms with E-state index in [-0.39, 0.29) is 11.8 Å². The highest BCUT2D eigenvalue weighted by molar-refractivity contribution is 5.71. The number of hydrogen-bond donors (Lipinski definition) is 1. The van der Waals surface area contributed by atoms with Gasteiger partial charge in [0.15, 0.2) is 0 Å². The highest BCUT2D eigenvalue weighted by Gasteiger charge is 2.16. The van der Waals surface area contributed by atoms with Gasteiger partial charge in [-0.1, -0.05) is 32.9 Å². The summed E-state index contributed by atoms with van der Waals surface area (Å²) in [6, 6.07) is 5.72. The van der Waals surface area contributed by atoms with Crippen molar-refractivity contribution in [1.82, 2.24) is 0 Å². The number of ether oxygens (including phenoxy) is 1. The Morgan fingerprint density at radius 3 is 2.44 bits per heavy atom. The molecule has 0 amide bonds. The summed E-state index contributed by atoms with van der Waals surface area (Å²) in [4.78, 5) is 10.7. The van der Waals surface area contributed by atoms with Crippen molar-refractivity contribution in [3.63, 3.8) is 0 Å².